The Hall–Kier alpha value is -2.12. The Bertz CT molecular complexity index is 765. The SMILES string of the molecule is Cc1cc(C)c(S(=O)(=O)NCc2cc[nH]c2)cc1C(=O)O. The van der Waals surface area contributed by atoms with E-state index in [1.54, 1.807) is 38.4 Å². The molecule has 0 atom stereocenters. The van der Waals surface area contributed by atoms with Crippen molar-refractivity contribution in [2.75, 3.05) is 0 Å². The number of benzene rings is 1. The van der Waals surface area contributed by atoms with Crippen LogP contribution in [0.2, 0.25) is 0 Å². The van der Waals surface area contributed by atoms with Crippen LogP contribution < -0.4 is 4.72 Å². The van der Waals surface area contributed by atoms with E-state index in [0.717, 1.165) is 5.56 Å². The van der Waals surface area contributed by atoms with Gasteiger partial charge in [0.2, 0.25) is 10.0 Å². The highest BCUT2D eigenvalue weighted by molar-refractivity contribution is 7.89. The zero-order chi connectivity index (χ0) is 15.6. The summed E-state index contributed by atoms with van der Waals surface area (Å²) >= 11 is 0. The van der Waals surface area contributed by atoms with Gasteiger partial charge in [0.25, 0.3) is 0 Å². The van der Waals surface area contributed by atoms with Gasteiger partial charge in [-0.25, -0.2) is 17.9 Å². The average Bonchev–Trinajstić information content (AvgIpc) is 2.88. The normalized spacial score (nSPS) is 11.5. The summed E-state index contributed by atoms with van der Waals surface area (Å²) in [4.78, 5) is 14.0. The number of aromatic nitrogens is 1. The lowest BCUT2D eigenvalue weighted by Gasteiger charge is -2.11. The average molecular weight is 308 g/mol. The molecule has 2 aromatic rings. The summed E-state index contributed by atoms with van der Waals surface area (Å²) in [5.74, 6) is -1.14. The molecule has 0 aliphatic heterocycles. The molecule has 0 aliphatic rings. The standard InChI is InChI=1S/C14H16N2O4S/c1-9-5-10(2)13(6-12(9)14(17)18)21(19,20)16-8-11-3-4-15-7-11/h3-7,15-16H,8H2,1-2H3,(H,17,18). The van der Waals surface area contributed by atoms with E-state index >= 15 is 0 Å². The second kappa shape index (κ2) is 5.71. The van der Waals surface area contributed by atoms with Crippen LogP contribution in [-0.4, -0.2) is 24.5 Å². The zero-order valence-electron chi connectivity index (χ0n) is 11.7. The summed E-state index contributed by atoms with van der Waals surface area (Å²) in [6.07, 6.45) is 3.39. The van der Waals surface area contributed by atoms with Gasteiger partial charge in [0.15, 0.2) is 0 Å². The highest BCUT2D eigenvalue weighted by Crippen LogP contribution is 2.21. The predicted molar refractivity (Wildman–Crippen MR) is 77.7 cm³/mol. The van der Waals surface area contributed by atoms with E-state index in [1.165, 1.54) is 6.07 Å². The first-order chi connectivity index (χ1) is 9.81. The van der Waals surface area contributed by atoms with Gasteiger partial charge in [0, 0.05) is 18.9 Å². The fraction of sp³-hybridized carbons (Fsp3) is 0.214. The Morgan fingerprint density at radius 3 is 2.57 bits per heavy atom. The largest absolute Gasteiger partial charge is 0.478 e. The summed E-state index contributed by atoms with van der Waals surface area (Å²) in [5.41, 5.74) is 1.83. The molecule has 0 amide bonds. The van der Waals surface area contributed by atoms with Crippen molar-refractivity contribution in [3.63, 3.8) is 0 Å². The van der Waals surface area contributed by atoms with Crippen LogP contribution in [0.25, 0.3) is 0 Å². The number of aryl methyl sites for hydroxylation is 2. The lowest BCUT2D eigenvalue weighted by atomic mass is 10.1. The van der Waals surface area contributed by atoms with Crippen LogP contribution in [0.4, 0.5) is 0 Å². The van der Waals surface area contributed by atoms with Gasteiger partial charge in [-0.1, -0.05) is 6.07 Å². The molecule has 1 aromatic heterocycles. The maximum atomic E-state index is 12.3. The summed E-state index contributed by atoms with van der Waals surface area (Å²) < 4.78 is 27.1. The van der Waals surface area contributed by atoms with E-state index in [4.69, 9.17) is 5.11 Å². The van der Waals surface area contributed by atoms with E-state index in [-0.39, 0.29) is 17.0 Å². The quantitative estimate of drug-likeness (QED) is 0.784. The first-order valence-corrected chi connectivity index (χ1v) is 7.75. The number of sulfonamides is 1. The molecule has 0 spiro atoms. The minimum Gasteiger partial charge on any atom is -0.478 e. The number of carbonyl (C=O) groups is 1. The van der Waals surface area contributed by atoms with Crippen LogP contribution in [0.15, 0.2) is 35.5 Å². The highest BCUT2D eigenvalue weighted by Gasteiger charge is 2.20. The van der Waals surface area contributed by atoms with Gasteiger partial charge in [-0.2, -0.15) is 0 Å². The lowest BCUT2D eigenvalue weighted by molar-refractivity contribution is 0.0696. The molecule has 2 rings (SSSR count). The number of carboxylic acid groups (broad SMARTS) is 1. The van der Waals surface area contributed by atoms with Crippen LogP contribution in [0.1, 0.15) is 27.0 Å². The third-order valence-corrected chi connectivity index (χ3v) is 4.71. The lowest BCUT2D eigenvalue weighted by Crippen LogP contribution is -2.24. The summed E-state index contributed by atoms with van der Waals surface area (Å²) in [6.45, 7) is 3.42. The highest BCUT2D eigenvalue weighted by atomic mass is 32.2. The van der Waals surface area contributed by atoms with Gasteiger partial charge < -0.3 is 10.1 Å². The molecule has 3 N–H and O–H groups in total. The molecule has 0 unspecified atom stereocenters. The van der Waals surface area contributed by atoms with Crippen LogP contribution >= 0.6 is 0 Å². The second-order valence-electron chi connectivity index (χ2n) is 4.78. The number of nitrogens with one attached hydrogen (secondary N) is 2. The number of hydrogen-bond acceptors (Lipinski definition) is 3. The third-order valence-electron chi connectivity index (χ3n) is 3.17. The number of H-pyrrole nitrogens is 1. The van der Waals surface area contributed by atoms with Crippen molar-refractivity contribution >= 4 is 16.0 Å². The molecule has 0 aliphatic carbocycles. The number of aromatic amines is 1. The fourth-order valence-electron chi connectivity index (χ4n) is 2.08. The Balaban J connectivity index is 2.35. The van der Waals surface area contributed by atoms with E-state index in [9.17, 15) is 13.2 Å². The summed E-state index contributed by atoms with van der Waals surface area (Å²) in [5, 5.41) is 9.11. The van der Waals surface area contributed by atoms with Crippen molar-refractivity contribution in [2.24, 2.45) is 0 Å². The van der Waals surface area contributed by atoms with Gasteiger partial charge in [-0.3, -0.25) is 0 Å². The maximum absolute atomic E-state index is 12.3. The molecule has 0 fully saturated rings. The molecule has 0 bridgehead atoms. The fourth-order valence-corrected chi connectivity index (χ4v) is 3.34. The Labute approximate surface area is 122 Å². The third kappa shape index (κ3) is 3.32. The molecule has 112 valence electrons. The van der Waals surface area contributed by atoms with Gasteiger partial charge in [0.05, 0.1) is 10.5 Å². The zero-order valence-corrected chi connectivity index (χ0v) is 12.5. The van der Waals surface area contributed by atoms with Crippen molar-refractivity contribution in [2.45, 2.75) is 25.3 Å². The van der Waals surface area contributed by atoms with Crippen molar-refractivity contribution < 1.29 is 18.3 Å². The summed E-state index contributed by atoms with van der Waals surface area (Å²) in [7, 11) is -3.77. The van der Waals surface area contributed by atoms with Crippen molar-refractivity contribution in [1.82, 2.24) is 9.71 Å². The Morgan fingerprint density at radius 2 is 2.00 bits per heavy atom. The van der Waals surface area contributed by atoms with E-state index in [1.807, 2.05) is 0 Å². The minimum atomic E-state index is -3.77. The van der Waals surface area contributed by atoms with Crippen LogP contribution in [0.3, 0.4) is 0 Å². The molecule has 6 nitrogen and oxygen atoms in total. The molecule has 0 radical (unpaired) electrons. The van der Waals surface area contributed by atoms with Gasteiger partial charge in [-0.15, -0.1) is 0 Å². The molecule has 7 heteroatoms. The number of hydrogen-bond donors (Lipinski definition) is 3. The topological polar surface area (TPSA) is 99.3 Å². The second-order valence-corrected chi connectivity index (χ2v) is 6.52. The van der Waals surface area contributed by atoms with E-state index < -0.39 is 16.0 Å². The van der Waals surface area contributed by atoms with Gasteiger partial charge in [0.1, 0.15) is 0 Å². The summed E-state index contributed by atoms with van der Waals surface area (Å²) in [6, 6.07) is 4.52. The maximum Gasteiger partial charge on any atom is 0.335 e. The first-order valence-electron chi connectivity index (χ1n) is 6.27. The smallest absolute Gasteiger partial charge is 0.335 e. The molecule has 0 saturated carbocycles. The molecule has 21 heavy (non-hydrogen) atoms. The molecular weight excluding hydrogens is 292 g/mol. The Morgan fingerprint density at radius 1 is 1.29 bits per heavy atom. The molecular formula is C14H16N2O4S. The van der Waals surface area contributed by atoms with Crippen molar-refractivity contribution in [3.05, 3.63) is 52.8 Å². The number of aromatic carboxylic acids is 1. The van der Waals surface area contributed by atoms with E-state index in [0.29, 0.717) is 11.1 Å². The molecule has 1 aromatic carbocycles. The van der Waals surface area contributed by atoms with Crippen LogP contribution in [0.5, 0.6) is 0 Å². The van der Waals surface area contributed by atoms with Gasteiger partial charge >= 0.3 is 5.97 Å². The number of carboxylic acids is 1. The Kier molecular flexibility index (Phi) is 4.15. The number of rotatable bonds is 5. The van der Waals surface area contributed by atoms with E-state index in [2.05, 4.69) is 9.71 Å². The van der Waals surface area contributed by atoms with Crippen LogP contribution in [-0.2, 0) is 16.6 Å². The minimum absolute atomic E-state index is 0.0115. The first kappa shape index (κ1) is 15.3. The van der Waals surface area contributed by atoms with Crippen LogP contribution in [0, 0.1) is 13.8 Å². The predicted octanol–water partition coefficient (Wildman–Crippen LogP) is 1.81. The van der Waals surface area contributed by atoms with Crippen molar-refractivity contribution in [1.29, 1.82) is 0 Å². The molecule has 1 heterocycles. The monoisotopic (exact) mass is 308 g/mol. The van der Waals surface area contributed by atoms with Crippen molar-refractivity contribution in [3.8, 4) is 0 Å². The molecule has 0 saturated heterocycles. The van der Waals surface area contributed by atoms with Gasteiger partial charge in [-0.05, 0) is 42.7 Å².